The minimum absolute atomic E-state index is 0.0203. The average Bonchev–Trinajstić information content (AvgIpc) is 3.04. The molecule has 21 heavy (non-hydrogen) atoms. The van der Waals surface area contributed by atoms with Crippen molar-refractivity contribution in [2.45, 2.75) is 13.3 Å². The van der Waals surface area contributed by atoms with Crippen molar-refractivity contribution in [2.75, 3.05) is 0 Å². The number of carbonyl (C=O) groups is 2. The lowest BCUT2D eigenvalue weighted by molar-refractivity contribution is -0.123. The van der Waals surface area contributed by atoms with Crippen molar-refractivity contribution < 1.29 is 9.59 Å². The summed E-state index contributed by atoms with van der Waals surface area (Å²) in [6.45, 7) is 2.01. The van der Waals surface area contributed by atoms with E-state index in [0.717, 1.165) is 12.0 Å². The molecule has 6 nitrogen and oxygen atoms in total. The van der Waals surface area contributed by atoms with Crippen molar-refractivity contribution in [3.63, 3.8) is 0 Å². The molecular formula is C15H16N4O2. The lowest BCUT2D eigenvalue weighted by atomic mass is 10.1. The highest BCUT2D eigenvalue weighted by molar-refractivity contribution is 5.95. The number of H-pyrrole nitrogens is 1. The van der Waals surface area contributed by atoms with E-state index in [-0.39, 0.29) is 11.8 Å². The van der Waals surface area contributed by atoms with Gasteiger partial charge in [0.2, 0.25) is 5.91 Å². The lowest BCUT2D eigenvalue weighted by Gasteiger charge is -2.04. The lowest BCUT2D eigenvalue weighted by Crippen LogP contribution is -2.42. The van der Waals surface area contributed by atoms with Crippen LogP contribution in [0.4, 0.5) is 0 Å². The number of hydrazine groups is 1. The van der Waals surface area contributed by atoms with Gasteiger partial charge in [0, 0.05) is 11.5 Å². The van der Waals surface area contributed by atoms with Crippen LogP contribution in [0.1, 0.15) is 23.8 Å². The number of nitrogens with zero attached hydrogens (tertiary/aromatic N) is 1. The van der Waals surface area contributed by atoms with Crippen molar-refractivity contribution in [3.8, 4) is 11.3 Å². The van der Waals surface area contributed by atoms with Gasteiger partial charge in [-0.2, -0.15) is 5.10 Å². The molecule has 1 aromatic carbocycles. The second-order valence-corrected chi connectivity index (χ2v) is 5.30. The minimum Gasteiger partial charge on any atom is -0.273 e. The topological polar surface area (TPSA) is 86.9 Å². The average molecular weight is 284 g/mol. The van der Waals surface area contributed by atoms with Gasteiger partial charge in [0.15, 0.2) is 0 Å². The molecule has 0 unspecified atom stereocenters. The highest BCUT2D eigenvalue weighted by Gasteiger charge is 2.39. The highest BCUT2D eigenvalue weighted by Crippen LogP contribution is 2.37. The first-order chi connectivity index (χ1) is 10.1. The van der Waals surface area contributed by atoms with Gasteiger partial charge in [-0.15, -0.1) is 0 Å². The van der Waals surface area contributed by atoms with Crippen LogP contribution in [-0.2, 0) is 4.79 Å². The zero-order chi connectivity index (χ0) is 14.8. The van der Waals surface area contributed by atoms with E-state index >= 15 is 0 Å². The molecule has 0 spiro atoms. The molecule has 2 atom stereocenters. The minimum atomic E-state index is -0.411. The molecule has 0 radical (unpaired) electrons. The normalized spacial score (nSPS) is 19.9. The summed E-state index contributed by atoms with van der Waals surface area (Å²) in [4.78, 5) is 23.5. The molecule has 1 fully saturated rings. The first-order valence-electron chi connectivity index (χ1n) is 6.86. The van der Waals surface area contributed by atoms with Gasteiger partial charge in [0.25, 0.3) is 5.91 Å². The Bertz CT molecular complexity index is 665. The number of benzene rings is 1. The number of hydrogen-bond donors (Lipinski definition) is 3. The third-order valence-corrected chi connectivity index (χ3v) is 3.64. The molecule has 2 amide bonds. The smallest absolute Gasteiger partial charge is 0.273 e. The van der Waals surface area contributed by atoms with Crippen LogP contribution in [0.25, 0.3) is 11.3 Å². The van der Waals surface area contributed by atoms with E-state index in [1.54, 1.807) is 6.07 Å². The van der Waals surface area contributed by atoms with Crippen LogP contribution >= 0.6 is 0 Å². The third-order valence-electron chi connectivity index (χ3n) is 3.64. The first kappa shape index (κ1) is 13.4. The first-order valence-corrected chi connectivity index (χ1v) is 6.86. The summed E-state index contributed by atoms with van der Waals surface area (Å²) >= 11 is 0. The molecule has 2 aromatic rings. The van der Waals surface area contributed by atoms with E-state index in [4.69, 9.17) is 0 Å². The van der Waals surface area contributed by atoms with Crippen molar-refractivity contribution >= 4 is 11.8 Å². The maximum atomic E-state index is 11.9. The predicted molar refractivity (Wildman–Crippen MR) is 76.9 cm³/mol. The summed E-state index contributed by atoms with van der Waals surface area (Å²) in [5, 5.41) is 6.76. The SMILES string of the molecule is C[C@@H]1C[C@H]1C(=O)NNC(=O)c1cc(-c2ccccc2)n[nH]1. The molecule has 1 heterocycles. The summed E-state index contributed by atoms with van der Waals surface area (Å²) in [7, 11) is 0. The molecule has 1 aliphatic carbocycles. The monoisotopic (exact) mass is 284 g/mol. The number of hydrogen-bond acceptors (Lipinski definition) is 3. The quantitative estimate of drug-likeness (QED) is 0.746. The summed E-state index contributed by atoms with van der Waals surface area (Å²) in [6.07, 6.45) is 0.879. The van der Waals surface area contributed by atoms with Gasteiger partial charge in [-0.3, -0.25) is 25.5 Å². The fraction of sp³-hybridized carbons (Fsp3) is 0.267. The maximum Gasteiger partial charge on any atom is 0.287 e. The van der Waals surface area contributed by atoms with Gasteiger partial charge in [0.1, 0.15) is 5.69 Å². The van der Waals surface area contributed by atoms with E-state index in [0.29, 0.717) is 17.3 Å². The van der Waals surface area contributed by atoms with Crippen LogP contribution in [0.3, 0.4) is 0 Å². The molecule has 3 N–H and O–H groups in total. The Morgan fingerprint density at radius 3 is 2.62 bits per heavy atom. The molecular weight excluding hydrogens is 268 g/mol. The molecule has 1 aliphatic rings. The van der Waals surface area contributed by atoms with Crippen molar-refractivity contribution in [1.82, 2.24) is 21.0 Å². The van der Waals surface area contributed by atoms with Crippen LogP contribution < -0.4 is 10.9 Å². The molecule has 108 valence electrons. The summed E-state index contributed by atoms with van der Waals surface area (Å²) in [5.74, 6) is -0.129. The second-order valence-electron chi connectivity index (χ2n) is 5.30. The molecule has 1 aromatic heterocycles. The van der Waals surface area contributed by atoms with Crippen LogP contribution in [0.15, 0.2) is 36.4 Å². The third kappa shape index (κ3) is 2.94. The summed E-state index contributed by atoms with van der Waals surface area (Å²) in [6, 6.07) is 11.2. The Morgan fingerprint density at radius 2 is 1.95 bits per heavy atom. The van der Waals surface area contributed by atoms with Crippen LogP contribution in [0.5, 0.6) is 0 Å². The van der Waals surface area contributed by atoms with Crippen molar-refractivity contribution in [1.29, 1.82) is 0 Å². The Kier molecular flexibility index (Phi) is 3.43. The van der Waals surface area contributed by atoms with Gasteiger partial charge in [-0.05, 0) is 18.4 Å². The van der Waals surface area contributed by atoms with E-state index in [9.17, 15) is 9.59 Å². The Labute approximate surface area is 121 Å². The fourth-order valence-electron chi connectivity index (χ4n) is 2.16. The highest BCUT2D eigenvalue weighted by atomic mass is 16.2. The van der Waals surface area contributed by atoms with Crippen LogP contribution in [-0.4, -0.2) is 22.0 Å². The van der Waals surface area contributed by atoms with Gasteiger partial charge in [-0.1, -0.05) is 37.3 Å². The number of carbonyl (C=O) groups excluding carboxylic acids is 2. The number of aromatic nitrogens is 2. The summed E-state index contributed by atoms with van der Waals surface area (Å²) in [5.41, 5.74) is 6.74. The van der Waals surface area contributed by atoms with E-state index in [1.165, 1.54) is 0 Å². The van der Waals surface area contributed by atoms with E-state index < -0.39 is 5.91 Å². The molecule has 6 heteroatoms. The van der Waals surface area contributed by atoms with Crippen LogP contribution in [0, 0.1) is 11.8 Å². The van der Waals surface area contributed by atoms with Crippen molar-refractivity contribution in [2.24, 2.45) is 11.8 Å². The largest absolute Gasteiger partial charge is 0.287 e. The Hall–Kier alpha value is -2.63. The zero-order valence-electron chi connectivity index (χ0n) is 11.6. The van der Waals surface area contributed by atoms with Crippen molar-refractivity contribution in [3.05, 3.63) is 42.1 Å². The van der Waals surface area contributed by atoms with Gasteiger partial charge < -0.3 is 0 Å². The zero-order valence-corrected chi connectivity index (χ0v) is 11.6. The molecule has 0 bridgehead atoms. The van der Waals surface area contributed by atoms with Gasteiger partial charge in [-0.25, -0.2) is 0 Å². The van der Waals surface area contributed by atoms with Gasteiger partial charge >= 0.3 is 0 Å². The Balaban J connectivity index is 1.61. The predicted octanol–water partition coefficient (Wildman–Crippen LogP) is 1.49. The summed E-state index contributed by atoms with van der Waals surface area (Å²) < 4.78 is 0. The molecule has 0 saturated heterocycles. The Morgan fingerprint density at radius 1 is 1.24 bits per heavy atom. The number of amides is 2. The van der Waals surface area contributed by atoms with Crippen LogP contribution in [0.2, 0.25) is 0 Å². The van der Waals surface area contributed by atoms with E-state index in [2.05, 4.69) is 21.0 Å². The number of nitrogens with one attached hydrogen (secondary N) is 3. The molecule has 3 rings (SSSR count). The molecule has 0 aliphatic heterocycles. The fourth-order valence-corrected chi connectivity index (χ4v) is 2.16. The standard InChI is InChI=1S/C15H16N4O2/c1-9-7-11(9)14(20)18-19-15(21)13-8-12(16-17-13)10-5-3-2-4-6-10/h2-6,8-9,11H,7H2,1H3,(H,16,17)(H,18,20)(H,19,21)/t9-,11-/m1/s1. The number of rotatable bonds is 3. The van der Waals surface area contributed by atoms with Gasteiger partial charge in [0.05, 0.1) is 5.69 Å². The van der Waals surface area contributed by atoms with E-state index in [1.807, 2.05) is 37.3 Å². The second kappa shape index (κ2) is 5.40. The molecule has 1 saturated carbocycles. The number of aromatic amines is 1. The maximum absolute atomic E-state index is 11.9.